The minimum atomic E-state index is -3.57. The highest BCUT2D eigenvalue weighted by atomic mass is 35.5. The summed E-state index contributed by atoms with van der Waals surface area (Å²) >= 11 is 14.2. The number of aromatic nitrogens is 3. The zero-order valence-electron chi connectivity index (χ0n) is 90.9. The lowest BCUT2D eigenvalue weighted by Gasteiger charge is -2.30. The number of carbonyl (C=O) groups excluding carboxylic acids is 3. The fraction of sp³-hybridized carbons (Fsp3) is 0.402. The number of ketones is 2. The van der Waals surface area contributed by atoms with E-state index in [2.05, 4.69) is 299 Å². The van der Waals surface area contributed by atoms with Crippen molar-refractivity contribution in [3.8, 4) is 23.0 Å². The maximum absolute atomic E-state index is 13.9. The molecule has 0 bridgehead atoms. The summed E-state index contributed by atoms with van der Waals surface area (Å²) in [7, 11) is 14.1. The van der Waals surface area contributed by atoms with E-state index in [1.165, 1.54) is 88.1 Å². The molecular formula is C117H155Cl2N18O10S2+. The molecule has 3 aromatic heterocycles. The van der Waals surface area contributed by atoms with E-state index in [-0.39, 0.29) is 28.3 Å². The van der Waals surface area contributed by atoms with Gasteiger partial charge in [-0.15, -0.1) is 0 Å². The Morgan fingerprint density at radius 1 is 0.530 bits per heavy atom. The summed E-state index contributed by atoms with van der Waals surface area (Å²) < 4.78 is 68.2. The van der Waals surface area contributed by atoms with Crippen LogP contribution in [0.2, 0.25) is 10.0 Å². The number of para-hydroxylation sites is 2. The van der Waals surface area contributed by atoms with Crippen LogP contribution in [-0.2, 0) is 66.2 Å². The SMILES string of the molecule is CC.CCN(C)CCCS(=N)(=O)OC.CCN(CC)CCCNS(=O)(=O)c1ccc(NC(=O)CC(C)=O)cc1.CCNC[N+](C)(C)c1cc(NCCCN(C)C)cc(Nc2ccc3c(c2)C(=O)c2cc4[nH]c5ccc(C)cc5c(=O)c4cc2C3)c1.CCc1cc(NCCCN(C)C)cc(NCCCN(C)C)c1.CCn1c2ccccc2c2cc3c(cc21)Oc1c(Cl)c2c(c(Cl)c1C3)Oc1cc3c(cc1N2)c1ccccc1n3CC. The largest absolute Gasteiger partial charge is 0.455 e. The van der Waals surface area contributed by atoms with Gasteiger partial charge in [0.25, 0.3) is 0 Å². The summed E-state index contributed by atoms with van der Waals surface area (Å²) in [6.07, 6.45) is 6.92. The van der Waals surface area contributed by atoms with Crippen molar-refractivity contribution in [2.75, 3.05) is 200 Å². The number of ether oxygens (including phenoxy) is 2. The summed E-state index contributed by atoms with van der Waals surface area (Å²) in [4.78, 5) is 64.3. The van der Waals surface area contributed by atoms with Crippen molar-refractivity contribution in [1.29, 1.82) is 4.78 Å². The Bertz CT molecular complexity index is 7150. The van der Waals surface area contributed by atoms with E-state index in [9.17, 15) is 31.8 Å². The summed E-state index contributed by atoms with van der Waals surface area (Å²) in [5.74, 6) is 2.29. The van der Waals surface area contributed by atoms with Gasteiger partial charge in [-0.25, -0.2) is 22.1 Å². The number of amides is 1. The first kappa shape index (κ1) is 116. The van der Waals surface area contributed by atoms with E-state index >= 15 is 0 Å². The molecule has 3 aliphatic rings. The molecule has 11 aromatic carbocycles. The number of nitrogens with one attached hydrogen (secondary N) is 10. The molecule has 0 spiro atoms. The molecule has 17 rings (SSSR count). The topological polar surface area (TPSA) is 309 Å². The minimum Gasteiger partial charge on any atom is -0.455 e. The van der Waals surface area contributed by atoms with Crippen molar-refractivity contribution >= 4 is 177 Å². The van der Waals surface area contributed by atoms with Gasteiger partial charge in [0, 0.05) is 175 Å². The standard InChI is InChI=1S/C38H44N6O2.C35H25Cl2N3O2.C18H34N4.C17H27N3O4S.C7H18N2O2S.C2H6/c1-7-39-23-44(5,6)30-19-28(40-13-8-14-43(3)4)18-29(20-30)41-27-11-10-25-16-26-17-34-36(22-32(26)37(45)31(25)21-27)42-35-12-9-24(2)15-33(35)38(34)46;1-3-39-25-11-7-5-9-19(25)21-13-18-14-23-31(36)35-33(32(37)34(23)41-29(18)16-27(21)39)38-24-15-22-20-10-6-8-12-26(20)40(4-2)28(22)17-30(24)42-35;1-6-16-13-17(19-9-7-11-21(2)3)15-18(14-16)20-10-8-12-22(4)5;1-4-20(5-2)12-6-11-18-25(23,24)16-9-7-15(8-10-16)19-17(22)13-14(3)21;1-4-9(2)6-5-7-12(8,10)11-3;1-2/h9-12,15,17-22,39-41H,7-8,13-14,16,23H2,1-6H3;5-13,15-17,38H,3-4,14H2,1-2H3;13-15,19-20H,6-12H2,1-5H3;7-10,18H,4-6,11-13H2,1-3H3,(H,19,22);8H,4-7H2,1-3H3;1-2H3/p+1. The Morgan fingerprint density at radius 3 is 1.66 bits per heavy atom. The van der Waals surface area contributed by atoms with Crippen LogP contribution in [0.3, 0.4) is 0 Å². The molecule has 0 radical (unpaired) electrons. The third-order valence-corrected chi connectivity index (χ3v) is 30.5. The highest BCUT2D eigenvalue weighted by Crippen LogP contribution is 2.58. The van der Waals surface area contributed by atoms with Crippen LogP contribution in [0.4, 0.5) is 51.2 Å². The smallest absolute Gasteiger partial charge is 0.240 e. The van der Waals surface area contributed by atoms with Crippen molar-refractivity contribution in [2.45, 2.75) is 152 Å². The van der Waals surface area contributed by atoms with Gasteiger partial charge in [-0.3, -0.25) is 33.2 Å². The van der Waals surface area contributed by atoms with Gasteiger partial charge in [-0.05, 0) is 307 Å². The molecule has 14 aromatic rings. The minimum absolute atomic E-state index is 0.00546. The van der Waals surface area contributed by atoms with Crippen LogP contribution in [0.1, 0.15) is 157 Å². The van der Waals surface area contributed by atoms with Crippen molar-refractivity contribution in [3.63, 3.8) is 0 Å². The van der Waals surface area contributed by atoms with Crippen LogP contribution in [0.15, 0.2) is 192 Å². The average molecular weight is 2110 g/mol. The maximum Gasteiger partial charge on any atom is 0.240 e. The highest BCUT2D eigenvalue weighted by Gasteiger charge is 2.35. The molecule has 798 valence electrons. The van der Waals surface area contributed by atoms with Crippen LogP contribution in [0.25, 0.3) is 65.4 Å². The van der Waals surface area contributed by atoms with Gasteiger partial charge >= 0.3 is 0 Å². The van der Waals surface area contributed by atoms with E-state index in [0.29, 0.717) is 90.0 Å². The second-order valence-electron chi connectivity index (χ2n) is 39.3. The summed E-state index contributed by atoms with van der Waals surface area (Å²) in [6, 6.07) is 60.4. The number of nitrogens with zero attached hydrogens (tertiary/aromatic N) is 8. The number of anilines is 8. The number of hydrogen-bond acceptors (Lipinski definition) is 22. The molecule has 5 heterocycles. The predicted octanol–water partition coefficient (Wildman–Crippen LogP) is 23.7. The molecule has 149 heavy (non-hydrogen) atoms. The monoisotopic (exact) mass is 2110 g/mol. The van der Waals surface area contributed by atoms with E-state index in [1.807, 2.05) is 76.3 Å². The summed E-state index contributed by atoms with van der Waals surface area (Å²) in [6.45, 7) is 36.8. The Kier molecular flexibility index (Phi) is 41.6. The molecule has 0 saturated carbocycles. The second-order valence-corrected chi connectivity index (χ2v) is 43.8. The molecule has 10 N–H and O–H groups in total. The first-order chi connectivity index (χ1) is 71.4. The number of aromatic amines is 1. The van der Waals surface area contributed by atoms with Gasteiger partial charge < -0.3 is 80.0 Å². The maximum atomic E-state index is 13.9. The highest BCUT2D eigenvalue weighted by molar-refractivity contribution is 7.89. The van der Waals surface area contributed by atoms with Crippen molar-refractivity contribution in [1.82, 2.24) is 53.1 Å². The lowest BCUT2D eigenvalue weighted by atomic mass is 9.84. The number of fused-ring (bicyclic) bond motifs is 14. The number of quaternary nitrogens is 1. The molecule has 1 aliphatic carbocycles. The lowest BCUT2D eigenvalue weighted by Crippen LogP contribution is -2.47. The number of H-pyrrole nitrogens is 1. The molecular weight excluding hydrogens is 1950 g/mol. The van der Waals surface area contributed by atoms with Crippen LogP contribution < -0.4 is 61.3 Å². The first-order valence-corrected chi connectivity index (χ1v) is 56.2. The number of hydrogen-bond donors (Lipinski definition) is 10. The van der Waals surface area contributed by atoms with Crippen LogP contribution >= 0.6 is 23.2 Å². The number of rotatable bonds is 41. The molecule has 1 unspecified atom stereocenters. The molecule has 2 aliphatic heterocycles. The van der Waals surface area contributed by atoms with Crippen LogP contribution in [-0.4, -0.2) is 237 Å². The molecule has 32 heteroatoms. The summed E-state index contributed by atoms with van der Waals surface area (Å²) in [5, 5.41) is 31.0. The Morgan fingerprint density at radius 2 is 1.08 bits per heavy atom. The lowest BCUT2D eigenvalue weighted by molar-refractivity contribution is -0.124. The third kappa shape index (κ3) is 29.9. The van der Waals surface area contributed by atoms with E-state index in [1.54, 1.807) is 0 Å². The van der Waals surface area contributed by atoms with Gasteiger partial charge in [0.15, 0.2) is 38.5 Å². The number of aryl methyl sites for hydroxylation is 4. The van der Waals surface area contributed by atoms with Crippen molar-refractivity contribution in [3.05, 3.63) is 247 Å². The van der Waals surface area contributed by atoms with Crippen LogP contribution in [0.5, 0.6) is 23.0 Å². The van der Waals surface area contributed by atoms with Crippen molar-refractivity contribution < 1.29 is 40.7 Å². The van der Waals surface area contributed by atoms with Gasteiger partial charge in [0.05, 0.1) is 65.5 Å². The van der Waals surface area contributed by atoms with E-state index in [0.717, 1.165) is 221 Å². The number of Topliss-reactive ketones (excluding diaryl/α,β-unsaturated/α-hetero) is 1. The second kappa shape index (κ2) is 53.6. The van der Waals surface area contributed by atoms with Crippen molar-refractivity contribution in [2.24, 2.45) is 0 Å². The third-order valence-electron chi connectivity index (χ3n) is 26.9. The molecule has 28 nitrogen and oxygen atoms in total. The fourth-order valence-electron chi connectivity index (χ4n) is 18.7. The normalized spacial score (nSPS) is 12.7. The number of sulfonamides is 1. The fourth-order valence-corrected chi connectivity index (χ4v) is 21.0. The quantitative estimate of drug-likeness (QED) is 0.00560. The first-order valence-electron chi connectivity index (χ1n) is 52.3. The van der Waals surface area contributed by atoms with Gasteiger partial charge in [0.2, 0.25) is 15.9 Å². The van der Waals surface area contributed by atoms with Gasteiger partial charge in [-0.1, -0.05) is 126 Å². The molecule has 0 fully saturated rings. The van der Waals surface area contributed by atoms with Gasteiger partial charge in [-0.2, -0.15) is 0 Å². The Labute approximate surface area is 891 Å². The number of halogens is 2. The number of pyridine rings is 1. The zero-order chi connectivity index (χ0) is 108. The molecule has 1 atom stereocenters. The number of benzene rings is 11. The van der Waals surface area contributed by atoms with Crippen LogP contribution in [0, 0.1) is 11.7 Å². The van der Waals surface area contributed by atoms with Gasteiger partial charge in [0.1, 0.15) is 34.6 Å². The Balaban J connectivity index is 0.000000175. The zero-order valence-corrected chi connectivity index (χ0v) is 94.1. The predicted molar refractivity (Wildman–Crippen MR) is 625 cm³/mol. The Hall–Kier alpha value is -12.0. The molecule has 0 saturated heterocycles. The number of carbonyl (C=O) groups is 3. The van der Waals surface area contributed by atoms with E-state index in [4.69, 9.17) is 37.5 Å². The average Bonchev–Trinajstić information content (AvgIpc) is 1.65. The molecule has 1 amide bonds. The van der Waals surface area contributed by atoms with E-state index < -0.39 is 25.9 Å². The summed E-state index contributed by atoms with van der Waals surface area (Å²) in [5.41, 5.74) is 22.1.